The van der Waals surface area contributed by atoms with Gasteiger partial charge in [0.15, 0.2) is 0 Å². The normalized spacial score (nSPS) is 10.4. The van der Waals surface area contributed by atoms with Crippen LogP contribution in [0.25, 0.3) is 0 Å². The molecule has 0 atom stereocenters. The third-order valence-corrected chi connectivity index (χ3v) is 3.29. The minimum Gasteiger partial charge on any atom is -0.384 e. The molecule has 0 fully saturated rings. The molecule has 0 aliphatic carbocycles. The number of nitrogens with zero attached hydrogens (tertiary/aromatic N) is 2. The number of benzene rings is 1. The number of hydrogen-bond donors (Lipinski definition) is 2. The number of nitrogens with two attached hydrogens (primary N) is 1. The Hall–Kier alpha value is -2.54. The number of carbonyl (C=O) groups excluding carboxylic acids is 1. The highest BCUT2D eigenvalue weighted by Gasteiger charge is 2.20. The second kappa shape index (κ2) is 5.45. The molecule has 110 valence electrons. The Labute approximate surface area is 124 Å². The van der Waals surface area contributed by atoms with E-state index in [4.69, 9.17) is 17.3 Å². The second-order valence-corrected chi connectivity index (χ2v) is 4.86. The molecule has 0 unspecified atom stereocenters. The Balaban J connectivity index is 2.47. The van der Waals surface area contributed by atoms with E-state index in [1.165, 1.54) is 14.1 Å². The van der Waals surface area contributed by atoms with Crippen molar-refractivity contribution in [2.24, 2.45) is 14.1 Å². The molecular weight excluding hydrogens is 296 g/mol. The summed E-state index contributed by atoms with van der Waals surface area (Å²) < 4.78 is 1.87. The van der Waals surface area contributed by atoms with Gasteiger partial charge in [-0.3, -0.25) is 18.7 Å². The molecule has 1 aromatic carbocycles. The molecule has 0 spiro atoms. The van der Waals surface area contributed by atoms with Crippen LogP contribution in [-0.2, 0) is 14.1 Å². The SMILES string of the molecule is Cn1c(N)c(C(=O)Nc2ccc(Cl)cc2)c(=O)n(C)c1=O. The van der Waals surface area contributed by atoms with Crippen LogP contribution in [0.2, 0.25) is 5.02 Å². The van der Waals surface area contributed by atoms with E-state index in [0.717, 1.165) is 9.13 Å². The van der Waals surface area contributed by atoms with Crippen LogP contribution in [0, 0.1) is 0 Å². The van der Waals surface area contributed by atoms with E-state index < -0.39 is 17.2 Å². The second-order valence-electron chi connectivity index (χ2n) is 4.43. The lowest BCUT2D eigenvalue weighted by atomic mass is 10.2. The van der Waals surface area contributed by atoms with Crippen molar-refractivity contribution < 1.29 is 4.79 Å². The summed E-state index contributed by atoms with van der Waals surface area (Å²) >= 11 is 5.75. The average Bonchev–Trinajstić information content (AvgIpc) is 2.46. The number of nitrogens with one attached hydrogen (secondary N) is 1. The van der Waals surface area contributed by atoms with Crippen LogP contribution in [0.15, 0.2) is 33.9 Å². The van der Waals surface area contributed by atoms with Crippen molar-refractivity contribution in [3.63, 3.8) is 0 Å². The van der Waals surface area contributed by atoms with Crippen molar-refractivity contribution in [3.05, 3.63) is 55.7 Å². The maximum absolute atomic E-state index is 12.2. The summed E-state index contributed by atoms with van der Waals surface area (Å²) in [4.78, 5) is 35.9. The van der Waals surface area contributed by atoms with Crippen LogP contribution in [0.3, 0.4) is 0 Å². The lowest BCUT2D eigenvalue weighted by molar-refractivity contribution is 0.102. The fourth-order valence-corrected chi connectivity index (χ4v) is 1.93. The Morgan fingerprint density at radius 2 is 1.71 bits per heavy atom. The smallest absolute Gasteiger partial charge is 0.332 e. The minimum atomic E-state index is -0.748. The number of nitrogen functional groups attached to an aromatic ring is 1. The molecule has 3 N–H and O–H groups in total. The van der Waals surface area contributed by atoms with Gasteiger partial charge in [-0.1, -0.05) is 11.6 Å². The Bertz CT molecular complexity index is 821. The molecule has 0 saturated heterocycles. The molecule has 2 rings (SSSR count). The van der Waals surface area contributed by atoms with Crippen LogP contribution in [0.4, 0.5) is 11.5 Å². The molecule has 0 radical (unpaired) electrons. The maximum atomic E-state index is 12.2. The third-order valence-electron chi connectivity index (χ3n) is 3.04. The van der Waals surface area contributed by atoms with E-state index in [2.05, 4.69) is 5.32 Å². The summed E-state index contributed by atoms with van der Waals surface area (Å²) in [7, 11) is 2.67. The zero-order chi connectivity index (χ0) is 15.7. The van der Waals surface area contributed by atoms with Crippen LogP contribution in [-0.4, -0.2) is 15.0 Å². The summed E-state index contributed by atoms with van der Waals surface area (Å²) in [6.07, 6.45) is 0. The Morgan fingerprint density at radius 1 is 1.14 bits per heavy atom. The molecular formula is C13H13ClN4O3. The van der Waals surface area contributed by atoms with Crippen LogP contribution in [0.5, 0.6) is 0 Å². The first kappa shape index (κ1) is 14.9. The Kier molecular flexibility index (Phi) is 3.86. The number of rotatable bonds is 2. The quantitative estimate of drug-likeness (QED) is 0.847. The van der Waals surface area contributed by atoms with Crippen LogP contribution in [0.1, 0.15) is 10.4 Å². The van der Waals surface area contributed by atoms with Gasteiger partial charge in [0.05, 0.1) is 0 Å². The summed E-state index contributed by atoms with van der Waals surface area (Å²) in [5, 5.41) is 3.05. The van der Waals surface area contributed by atoms with Crippen molar-refractivity contribution in [1.29, 1.82) is 0 Å². The van der Waals surface area contributed by atoms with Crippen LogP contribution >= 0.6 is 11.6 Å². The lowest BCUT2D eigenvalue weighted by Crippen LogP contribution is -2.42. The van der Waals surface area contributed by atoms with Crippen molar-refractivity contribution >= 4 is 29.0 Å². The number of anilines is 2. The summed E-state index contributed by atoms with van der Waals surface area (Å²) in [5.41, 5.74) is 4.53. The summed E-state index contributed by atoms with van der Waals surface area (Å²) in [6.45, 7) is 0. The molecule has 2 aromatic rings. The highest BCUT2D eigenvalue weighted by molar-refractivity contribution is 6.30. The largest absolute Gasteiger partial charge is 0.384 e. The molecule has 1 heterocycles. The van der Waals surface area contributed by atoms with E-state index >= 15 is 0 Å². The molecule has 1 amide bonds. The summed E-state index contributed by atoms with van der Waals surface area (Å²) in [5.74, 6) is -0.874. The van der Waals surface area contributed by atoms with Crippen molar-refractivity contribution in [2.75, 3.05) is 11.1 Å². The van der Waals surface area contributed by atoms with Gasteiger partial charge in [0.2, 0.25) is 0 Å². The molecule has 8 heteroatoms. The van der Waals surface area contributed by atoms with Gasteiger partial charge in [-0.15, -0.1) is 0 Å². The average molecular weight is 309 g/mol. The van der Waals surface area contributed by atoms with Gasteiger partial charge < -0.3 is 11.1 Å². The number of halogens is 1. The minimum absolute atomic E-state index is 0.186. The molecule has 0 aliphatic rings. The first-order valence-electron chi connectivity index (χ1n) is 5.95. The van der Waals surface area contributed by atoms with Gasteiger partial charge in [-0.25, -0.2) is 4.79 Å². The molecule has 0 aliphatic heterocycles. The molecule has 1 aromatic heterocycles. The fourth-order valence-electron chi connectivity index (χ4n) is 1.80. The fraction of sp³-hybridized carbons (Fsp3) is 0.154. The lowest BCUT2D eigenvalue weighted by Gasteiger charge is -2.11. The van der Waals surface area contributed by atoms with E-state index in [0.29, 0.717) is 10.7 Å². The van der Waals surface area contributed by atoms with E-state index in [9.17, 15) is 14.4 Å². The van der Waals surface area contributed by atoms with E-state index in [1.807, 2.05) is 0 Å². The molecule has 0 bridgehead atoms. The molecule has 21 heavy (non-hydrogen) atoms. The monoisotopic (exact) mass is 308 g/mol. The van der Waals surface area contributed by atoms with Crippen molar-refractivity contribution in [3.8, 4) is 0 Å². The van der Waals surface area contributed by atoms with Gasteiger partial charge in [-0.2, -0.15) is 0 Å². The third kappa shape index (κ3) is 2.68. The number of aromatic nitrogens is 2. The predicted octanol–water partition coefficient (Wildman–Crippen LogP) is 0.572. The topological polar surface area (TPSA) is 99.1 Å². The number of carbonyl (C=O) groups is 1. The van der Waals surface area contributed by atoms with Crippen molar-refractivity contribution in [1.82, 2.24) is 9.13 Å². The van der Waals surface area contributed by atoms with Crippen LogP contribution < -0.4 is 22.3 Å². The Morgan fingerprint density at radius 3 is 2.29 bits per heavy atom. The van der Waals surface area contributed by atoms with Gasteiger partial charge in [0.1, 0.15) is 11.4 Å². The standard InChI is InChI=1S/C13H13ClN4O3/c1-17-10(15)9(12(20)18(2)13(17)21)11(19)16-8-5-3-7(14)4-6-8/h3-6H,15H2,1-2H3,(H,16,19). The zero-order valence-corrected chi connectivity index (χ0v) is 12.1. The predicted molar refractivity (Wildman–Crippen MR) is 80.7 cm³/mol. The molecule has 0 saturated carbocycles. The summed E-state index contributed by atoms with van der Waals surface area (Å²) in [6, 6.07) is 6.37. The number of hydrogen-bond acceptors (Lipinski definition) is 4. The van der Waals surface area contributed by atoms with Gasteiger partial charge in [0.25, 0.3) is 11.5 Å². The van der Waals surface area contributed by atoms with E-state index in [1.54, 1.807) is 24.3 Å². The van der Waals surface area contributed by atoms with Crippen molar-refractivity contribution in [2.45, 2.75) is 0 Å². The zero-order valence-electron chi connectivity index (χ0n) is 11.4. The first-order valence-corrected chi connectivity index (χ1v) is 6.33. The number of amides is 1. The first-order chi connectivity index (χ1) is 9.82. The van der Waals surface area contributed by atoms with Gasteiger partial charge >= 0.3 is 5.69 Å². The highest BCUT2D eigenvalue weighted by atomic mass is 35.5. The maximum Gasteiger partial charge on any atom is 0.332 e. The molecule has 7 nitrogen and oxygen atoms in total. The highest BCUT2D eigenvalue weighted by Crippen LogP contribution is 2.14. The van der Waals surface area contributed by atoms with Gasteiger partial charge in [0, 0.05) is 24.8 Å². The van der Waals surface area contributed by atoms with E-state index in [-0.39, 0.29) is 11.4 Å². The van der Waals surface area contributed by atoms with Gasteiger partial charge in [-0.05, 0) is 24.3 Å².